The summed E-state index contributed by atoms with van der Waals surface area (Å²) in [4.78, 5) is 6.96. The van der Waals surface area contributed by atoms with Crippen molar-refractivity contribution < 1.29 is 0 Å². The highest BCUT2D eigenvalue weighted by Crippen LogP contribution is 2.23. The van der Waals surface area contributed by atoms with E-state index in [1.54, 1.807) is 0 Å². The van der Waals surface area contributed by atoms with E-state index < -0.39 is 0 Å². The quantitative estimate of drug-likeness (QED) is 0.906. The van der Waals surface area contributed by atoms with Crippen molar-refractivity contribution in [1.82, 2.24) is 10.3 Å². The first-order valence-corrected chi connectivity index (χ1v) is 7.37. The summed E-state index contributed by atoms with van der Waals surface area (Å²) in [5.74, 6) is 1.98. The monoisotopic (exact) mass is 261 g/mol. The lowest BCUT2D eigenvalue weighted by atomic mass is 9.95. The van der Waals surface area contributed by atoms with E-state index in [1.807, 2.05) is 12.3 Å². The van der Waals surface area contributed by atoms with Gasteiger partial charge in [-0.3, -0.25) is 0 Å². The number of hydrogen-bond acceptors (Lipinski definition) is 3. The molecule has 19 heavy (non-hydrogen) atoms. The number of piperidine rings is 1. The topological polar surface area (TPSA) is 28.2 Å². The number of aromatic nitrogens is 1. The lowest BCUT2D eigenvalue weighted by Gasteiger charge is -2.35. The first kappa shape index (κ1) is 14.3. The van der Waals surface area contributed by atoms with Crippen LogP contribution in [-0.4, -0.2) is 30.2 Å². The highest BCUT2D eigenvalue weighted by atomic mass is 15.2. The van der Waals surface area contributed by atoms with E-state index >= 15 is 0 Å². The maximum absolute atomic E-state index is 4.52. The van der Waals surface area contributed by atoms with Gasteiger partial charge in [-0.15, -0.1) is 0 Å². The van der Waals surface area contributed by atoms with E-state index in [-0.39, 0.29) is 5.54 Å². The van der Waals surface area contributed by atoms with E-state index in [4.69, 9.17) is 0 Å². The zero-order chi connectivity index (χ0) is 13.9. The fourth-order valence-electron chi connectivity index (χ4n) is 2.61. The van der Waals surface area contributed by atoms with Gasteiger partial charge in [0.25, 0.3) is 0 Å². The Bertz CT molecular complexity index is 401. The minimum atomic E-state index is 0.231. The van der Waals surface area contributed by atoms with Crippen molar-refractivity contribution in [1.29, 1.82) is 0 Å². The van der Waals surface area contributed by atoms with Gasteiger partial charge in [0.05, 0.1) is 0 Å². The van der Waals surface area contributed by atoms with Gasteiger partial charge in [-0.05, 0) is 64.6 Å². The van der Waals surface area contributed by atoms with Crippen LogP contribution in [0.25, 0.3) is 0 Å². The predicted octanol–water partition coefficient (Wildman–Crippen LogP) is 2.99. The molecule has 0 spiro atoms. The Morgan fingerprint density at radius 2 is 2.00 bits per heavy atom. The largest absolute Gasteiger partial charge is 0.356 e. The molecule has 0 amide bonds. The molecule has 1 aromatic heterocycles. The second-order valence-electron chi connectivity index (χ2n) is 6.71. The van der Waals surface area contributed by atoms with Crippen LogP contribution in [0.2, 0.25) is 0 Å². The summed E-state index contributed by atoms with van der Waals surface area (Å²) in [7, 11) is 0. The van der Waals surface area contributed by atoms with Crippen LogP contribution in [0.5, 0.6) is 0 Å². The van der Waals surface area contributed by atoms with Crippen LogP contribution in [0, 0.1) is 12.8 Å². The number of anilines is 1. The van der Waals surface area contributed by atoms with E-state index in [0.717, 1.165) is 25.6 Å². The maximum atomic E-state index is 4.52. The van der Waals surface area contributed by atoms with Crippen molar-refractivity contribution in [2.45, 2.75) is 46.1 Å². The number of rotatable bonds is 3. The Balaban J connectivity index is 1.84. The Kier molecular flexibility index (Phi) is 4.46. The molecule has 1 saturated heterocycles. The minimum Gasteiger partial charge on any atom is -0.356 e. The van der Waals surface area contributed by atoms with Crippen LogP contribution >= 0.6 is 0 Å². The average Bonchev–Trinajstić information content (AvgIpc) is 2.37. The number of aryl methyl sites for hydroxylation is 1. The first-order valence-electron chi connectivity index (χ1n) is 7.37. The van der Waals surface area contributed by atoms with Crippen LogP contribution in [0.4, 0.5) is 5.82 Å². The number of nitrogens with zero attached hydrogens (tertiary/aromatic N) is 2. The van der Waals surface area contributed by atoms with Crippen molar-refractivity contribution in [3.8, 4) is 0 Å². The van der Waals surface area contributed by atoms with Gasteiger partial charge in [0.2, 0.25) is 0 Å². The smallest absolute Gasteiger partial charge is 0.131 e. The molecule has 0 aromatic carbocycles. The predicted molar refractivity (Wildman–Crippen MR) is 81.7 cm³/mol. The normalized spacial score (nSPS) is 17.8. The molecular weight excluding hydrogens is 234 g/mol. The highest BCUT2D eigenvalue weighted by Gasteiger charge is 2.22. The summed E-state index contributed by atoms with van der Waals surface area (Å²) >= 11 is 0. The van der Waals surface area contributed by atoms with E-state index in [2.05, 4.69) is 49.0 Å². The first-order chi connectivity index (χ1) is 8.96. The van der Waals surface area contributed by atoms with Gasteiger partial charge in [0, 0.05) is 24.8 Å². The Morgan fingerprint density at radius 1 is 1.32 bits per heavy atom. The molecule has 0 saturated carbocycles. The lowest BCUT2D eigenvalue weighted by Crippen LogP contribution is -2.43. The molecule has 0 unspecified atom stereocenters. The molecule has 106 valence electrons. The molecule has 3 heteroatoms. The molecule has 1 fully saturated rings. The van der Waals surface area contributed by atoms with Gasteiger partial charge in [0.1, 0.15) is 5.82 Å². The summed E-state index contributed by atoms with van der Waals surface area (Å²) in [6, 6.07) is 4.16. The molecule has 1 aliphatic heterocycles. The van der Waals surface area contributed by atoms with Gasteiger partial charge in [0.15, 0.2) is 0 Å². The van der Waals surface area contributed by atoms with Crippen molar-refractivity contribution in [3.63, 3.8) is 0 Å². The van der Waals surface area contributed by atoms with Gasteiger partial charge in [-0.2, -0.15) is 0 Å². The SMILES string of the molecule is Cc1cccnc1N1CCC(CNC(C)(C)C)CC1. The third kappa shape index (κ3) is 4.20. The summed E-state index contributed by atoms with van der Waals surface area (Å²) < 4.78 is 0. The maximum Gasteiger partial charge on any atom is 0.131 e. The Labute approximate surface area is 117 Å². The van der Waals surface area contributed by atoms with E-state index in [9.17, 15) is 0 Å². The fourth-order valence-corrected chi connectivity index (χ4v) is 2.61. The van der Waals surface area contributed by atoms with Crippen molar-refractivity contribution in [2.24, 2.45) is 5.92 Å². The Morgan fingerprint density at radius 3 is 2.58 bits per heavy atom. The Hall–Kier alpha value is -1.09. The third-order valence-corrected chi connectivity index (χ3v) is 3.82. The molecule has 1 aliphatic rings. The van der Waals surface area contributed by atoms with Crippen molar-refractivity contribution in [2.75, 3.05) is 24.5 Å². The lowest BCUT2D eigenvalue weighted by molar-refractivity contribution is 0.328. The van der Waals surface area contributed by atoms with Crippen molar-refractivity contribution >= 4 is 5.82 Å². The molecule has 1 aromatic rings. The highest BCUT2D eigenvalue weighted by molar-refractivity contribution is 5.46. The van der Waals surface area contributed by atoms with Gasteiger partial charge < -0.3 is 10.2 Å². The van der Waals surface area contributed by atoms with Crippen LogP contribution in [0.15, 0.2) is 18.3 Å². The zero-order valence-electron chi connectivity index (χ0n) is 12.7. The molecule has 0 radical (unpaired) electrons. The van der Waals surface area contributed by atoms with Crippen LogP contribution in [0.1, 0.15) is 39.2 Å². The average molecular weight is 261 g/mol. The minimum absolute atomic E-state index is 0.231. The summed E-state index contributed by atoms with van der Waals surface area (Å²) in [5.41, 5.74) is 1.52. The molecule has 2 rings (SSSR count). The second-order valence-corrected chi connectivity index (χ2v) is 6.71. The molecule has 0 atom stereocenters. The standard InChI is InChI=1S/C16H27N3/c1-13-6-5-9-17-15(13)19-10-7-14(8-11-19)12-18-16(2,3)4/h5-6,9,14,18H,7-8,10-12H2,1-4H3. The molecular formula is C16H27N3. The third-order valence-electron chi connectivity index (χ3n) is 3.82. The summed E-state index contributed by atoms with van der Waals surface area (Å²) in [5, 5.41) is 3.62. The molecule has 2 heterocycles. The summed E-state index contributed by atoms with van der Waals surface area (Å²) in [6.07, 6.45) is 4.42. The molecule has 0 bridgehead atoms. The summed E-state index contributed by atoms with van der Waals surface area (Å²) in [6.45, 7) is 12.3. The number of pyridine rings is 1. The van der Waals surface area contributed by atoms with Crippen LogP contribution in [-0.2, 0) is 0 Å². The second kappa shape index (κ2) is 5.91. The molecule has 0 aliphatic carbocycles. The van der Waals surface area contributed by atoms with Gasteiger partial charge in [-0.1, -0.05) is 6.07 Å². The van der Waals surface area contributed by atoms with E-state index in [0.29, 0.717) is 0 Å². The number of hydrogen-bond donors (Lipinski definition) is 1. The van der Waals surface area contributed by atoms with Gasteiger partial charge in [-0.25, -0.2) is 4.98 Å². The molecule has 3 nitrogen and oxygen atoms in total. The van der Waals surface area contributed by atoms with Crippen LogP contribution < -0.4 is 10.2 Å². The van der Waals surface area contributed by atoms with Gasteiger partial charge >= 0.3 is 0 Å². The van der Waals surface area contributed by atoms with Crippen molar-refractivity contribution in [3.05, 3.63) is 23.9 Å². The molecule has 1 N–H and O–H groups in total. The number of nitrogens with one attached hydrogen (secondary N) is 1. The van der Waals surface area contributed by atoms with E-state index in [1.165, 1.54) is 24.2 Å². The van der Waals surface area contributed by atoms with Crippen LogP contribution in [0.3, 0.4) is 0 Å². The fraction of sp³-hybridized carbons (Fsp3) is 0.688. The zero-order valence-corrected chi connectivity index (χ0v) is 12.7.